The zero-order valence-corrected chi connectivity index (χ0v) is 19.2. The van der Waals surface area contributed by atoms with Crippen LogP contribution < -0.4 is 15.8 Å². The molecule has 2 aromatic rings. The highest BCUT2D eigenvalue weighted by molar-refractivity contribution is 5.97. The van der Waals surface area contributed by atoms with E-state index < -0.39 is 65.0 Å². The molecule has 1 aliphatic rings. The maximum Gasteiger partial charge on any atom is 0.417 e. The van der Waals surface area contributed by atoms with Crippen LogP contribution in [-0.4, -0.2) is 40.8 Å². The second-order valence-electron chi connectivity index (χ2n) is 8.69. The Bertz CT molecular complexity index is 1140. The highest BCUT2D eigenvalue weighted by Crippen LogP contribution is 2.55. The Balaban J connectivity index is 2.10. The van der Waals surface area contributed by atoms with Crippen LogP contribution in [0.1, 0.15) is 49.7 Å². The number of rotatable bonds is 6. The second-order valence-corrected chi connectivity index (χ2v) is 8.69. The maximum atomic E-state index is 14.7. The van der Waals surface area contributed by atoms with Crippen LogP contribution in [0.25, 0.3) is 0 Å². The summed E-state index contributed by atoms with van der Waals surface area (Å²) >= 11 is 0. The van der Waals surface area contributed by atoms with Crippen molar-refractivity contribution in [1.82, 2.24) is 4.98 Å². The molecule has 0 aliphatic carbocycles. The number of nitrogens with one attached hydrogen (secondary N) is 1. The molecule has 190 valence electrons. The van der Waals surface area contributed by atoms with E-state index in [9.17, 15) is 31.5 Å². The number of nitrogens with two attached hydrogens (primary N) is 1. The number of benzene rings is 1. The molecule has 0 radical (unpaired) electrons. The van der Waals surface area contributed by atoms with Gasteiger partial charge < -0.3 is 20.5 Å². The lowest BCUT2D eigenvalue weighted by Crippen LogP contribution is -2.47. The molecule has 7 nitrogen and oxygen atoms in total. The van der Waals surface area contributed by atoms with Crippen molar-refractivity contribution in [3.8, 4) is 5.75 Å². The molecule has 3 rings (SSSR count). The summed E-state index contributed by atoms with van der Waals surface area (Å²) in [5, 5.41) is 2.39. The Labute approximate surface area is 197 Å². The summed E-state index contributed by atoms with van der Waals surface area (Å²) in [6.07, 6.45) is -6.14. The summed E-state index contributed by atoms with van der Waals surface area (Å²) in [5.74, 6) is -7.90. The average Bonchev–Trinajstić information content (AvgIpc) is 3.04. The molecule has 0 unspecified atom stereocenters. The molecule has 2 heterocycles. The van der Waals surface area contributed by atoms with Crippen LogP contribution in [0.15, 0.2) is 30.5 Å². The zero-order valence-electron chi connectivity index (χ0n) is 19.2. The third kappa shape index (κ3) is 4.93. The van der Waals surface area contributed by atoms with Crippen LogP contribution in [0.3, 0.4) is 0 Å². The van der Waals surface area contributed by atoms with E-state index in [0.29, 0.717) is 0 Å². The molecule has 35 heavy (non-hydrogen) atoms. The Hall–Kier alpha value is -3.28. The fourth-order valence-electron chi connectivity index (χ4n) is 4.04. The number of ether oxygens (including phenoxy) is 2. The zero-order chi connectivity index (χ0) is 26.3. The van der Waals surface area contributed by atoms with Crippen LogP contribution in [0, 0.1) is 17.6 Å². The maximum absolute atomic E-state index is 14.7. The Morgan fingerprint density at radius 3 is 2.46 bits per heavy atom. The average molecular weight is 501 g/mol. The molecular weight excluding hydrogens is 477 g/mol. The number of hydrogen-bond donors (Lipinski definition) is 2. The van der Waals surface area contributed by atoms with E-state index in [-0.39, 0.29) is 16.9 Å². The molecule has 1 aromatic heterocycles. The minimum atomic E-state index is -4.90. The number of carbonyl (C=O) groups is 2. The first-order valence-electron chi connectivity index (χ1n) is 10.6. The summed E-state index contributed by atoms with van der Waals surface area (Å²) < 4.78 is 81.6. The van der Waals surface area contributed by atoms with Gasteiger partial charge in [-0.1, -0.05) is 13.0 Å². The van der Waals surface area contributed by atoms with Gasteiger partial charge in [-0.05, 0) is 39.0 Å². The SMILES string of the molecule is CC(C)Oc1c([C@@H]2[C@@H](C(=O)Nc3ccnc(C(N)=O)c3)O[C@@](C)(C(F)(F)F)[C@H]2C)ccc(F)c1F. The highest BCUT2D eigenvalue weighted by atomic mass is 19.4. The first kappa shape index (κ1) is 26.3. The predicted octanol–water partition coefficient (Wildman–Crippen LogP) is 4.32. The lowest BCUT2D eigenvalue weighted by Gasteiger charge is -2.32. The number of primary amides is 1. The van der Waals surface area contributed by atoms with Crippen molar-refractivity contribution in [2.75, 3.05) is 5.32 Å². The number of amides is 2. The smallest absolute Gasteiger partial charge is 0.417 e. The Morgan fingerprint density at radius 2 is 1.89 bits per heavy atom. The third-order valence-corrected chi connectivity index (χ3v) is 6.00. The normalized spacial score (nSPS) is 24.5. The molecule has 1 aromatic carbocycles. The van der Waals surface area contributed by atoms with E-state index in [1.807, 2.05) is 0 Å². The number of alkyl halides is 3. The van der Waals surface area contributed by atoms with Crippen LogP contribution >= 0.6 is 0 Å². The van der Waals surface area contributed by atoms with Gasteiger partial charge in [-0.2, -0.15) is 17.6 Å². The standard InChI is InChI=1S/C23H24F5N3O4/c1-10(2)34-18-13(5-6-14(24)17(18)25)16-11(3)22(4,23(26,27)28)35-19(16)21(33)31-12-7-8-30-15(9-12)20(29)32/h5-11,16,19H,1-4H3,(H2,29,32)(H,30,31,33)/t11-,16+,19-,22+/m0/s1. The Kier molecular flexibility index (Phi) is 7.07. The number of halogens is 5. The van der Waals surface area contributed by atoms with Gasteiger partial charge in [0.25, 0.3) is 11.8 Å². The number of aromatic nitrogens is 1. The first-order chi connectivity index (χ1) is 16.2. The van der Waals surface area contributed by atoms with Crippen molar-refractivity contribution in [1.29, 1.82) is 0 Å². The molecule has 0 bridgehead atoms. The summed E-state index contributed by atoms with van der Waals surface area (Å²) in [7, 11) is 0. The van der Waals surface area contributed by atoms with E-state index in [1.165, 1.54) is 33.0 Å². The second kappa shape index (κ2) is 9.40. The molecular formula is C23H24F5N3O4. The van der Waals surface area contributed by atoms with Gasteiger partial charge in [0.2, 0.25) is 5.82 Å². The lowest BCUT2D eigenvalue weighted by molar-refractivity contribution is -0.272. The van der Waals surface area contributed by atoms with E-state index in [1.54, 1.807) is 0 Å². The first-order valence-corrected chi connectivity index (χ1v) is 10.6. The molecule has 3 N–H and O–H groups in total. The van der Waals surface area contributed by atoms with Gasteiger partial charge in [-0.3, -0.25) is 14.6 Å². The summed E-state index contributed by atoms with van der Waals surface area (Å²) in [5.41, 5.74) is 2.07. The molecule has 1 aliphatic heterocycles. The van der Waals surface area contributed by atoms with Crippen molar-refractivity contribution < 1.29 is 41.0 Å². The highest BCUT2D eigenvalue weighted by Gasteiger charge is 2.66. The monoisotopic (exact) mass is 501 g/mol. The van der Waals surface area contributed by atoms with Crippen molar-refractivity contribution in [3.05, 3.63) is 53.4 Å². The molecule has 4 atom stereocenters. The van der Waals surface area contributed by atoms with Crippen LogP contribution in [0.2, 0.25) is 0 Å². The van der Waals surface area contributed by atoms with Gasteiger partial charge in [-0.25, -0.2) is 4.39 Å². The van der Waals surface area contributed by atoms with E-state index >= 15 is 0 Å². The Morgan fingerprint density at radius 1 is 1.23 bits per heavy atom. The summed E-state index contributed by atoms with van der Waals surface area (Å²) in [6.45, 7) is 5.07. The quantitative estimate of drug-likeness (QED) is 0.574. The van der Waals surface area contributed by atoms with Gasteiger partial charge in [0.05, 0.1) is 6.10 Å². The number of anilines is 1. The van der Waals surface area contributed by atoms with Gasteiger partial charge in [0.1, 0.15) is 11.8 Å². The summed E-state index contributed by atoms with van der Waals surface area (Å²) in [4.78, 5) is 28.3. The van der Waals surface area contributed by atoms with E-state index in [0.717, 1.165) is 25.1 Å². The van der Waals surface area contributed by atoms with Crippen molar-refractivity contribution >= 4 is 17.5 Å². The van der Waals surface area contributed by atoms with Crippen molar-refractivity contribution in [3.63, 3.8) is 0 Å². The molecule has 12 heteroatoms. The van der Waals surface area contributed by atoms with Crippen molar-refractivity contribution in [2.24, 2.45) is 11.7 Å². The van der Waals surface area contributed by atoms with Gasteiger partial charge in [-0.15, -0.1) is 0 Å². The predicted molar refractivity (Wildman–Crippen MR) is 115 cm³/mol. The van der Waals surface area contributed by atoms with Gasteiger partial charge >= 0.3 is 6.18 Å². The molecule has 0 saturated carbocycles. The minimum Gasteiger partial charge on any atom is -0.488 e. The molecule has 1 saturated heterocycles. The number of pyridine rings is 1. The van der Waals surface area contributed by atoms with Gasteiger partial charge in [0.15, 0.2) is 17.2 Å². The van der Waals surface area contributed by atoms with Gasteiger partial charge in [0, 0.05) is 29.3 Å². The lowest BCUT2D eigenvalue weighted by atomic mass is 9.77. The van der Waals surface area contributed by atoms with Crippen LogP contribution in [0.4, 0.5) is 27.6 Å². The topological polar surface area (TPSA) is 104 Å². The largest absolute Gasteiger partial charge is 0.488 e. The minimum absolute atomic E-state index is 0.0263. The van der Waals surface area contributed by atoms with Crippen LogP contribution in [-0.2, 0) is 9.53 Å². The molecule has 1 fully saturated rings. The summed E-state index contributed by atoms with van der Waals surface area (Å²) in [6, 6.07) is 4.28. The number of nitrogens with zero attached hydrogens (tertiary/aromatic N) is 1. The van der Waals surface area contributed by atoms with Crippen molar-refractivity contribution in [2.45, 2.75) is 57.6 Å². The number of hydrogen-bond acceptors (Lipinski definition) is 5. The molecule has 2 amide bonds. The van der Waals surface area contributed by atoms with E-state index in [4.69, 9.17) is 15.2 Å². The van der Waals surface area contributed by atoms with Crippen LogP contribution in [0.5, 0.6) is 5.75 Å². The third-order valence-electron chi connectivity index (χ3n) is 6.00. The number of carbonyl (C=O) groups excluding carboxylic acids is 2. The van der Waals surface area contributed by atoms with E-state index in [2.05, 4.69) is 10.3 Å². The fourth-order valence-corrected chi connectivity index (χ4v) is 4.04. The molecule has 0 spiro atoms. The fraction of sp³-hybridized carbons (Fsp3) is 0.435.